The molecule has 1 aromatic carbocycles. The van der Waals surface area contributed by atoms with Crippen LogP contribution in [-0.4, -0.2) is 19.8 Å². The van der Waals surface area contributed by atoms with E-state index in [1.807, 2.05) is 0 Å². The van der Waals surface area contributed by atoms with Gasteiger partial charge in [0.15, 0.2) is 9.84 Å². The second-order valence-electron chi connectivity index (χ2n) is 4.12. The first-order valence-electron chi connectivity index (χ1n) is 4.89. The molecule has 0 saturated carbocycles. The molecule has 1 N–H and O–H groups in total. The lowest BCUT2D eigenvalue weighted by atomic mass is 10.0. The van der Waals surface area contributed by atoms with Crippen molar-refractivity contribution in [3.8, 4) is 5.75 Å². The largest absolute Gasteiger partial charge is 0.508 e. The van der Waals surface area contributed by atoms with Crippen LogP contribution in [-0.2, 0) is 16.3 Å². The van der Waals surface area contributed by atoms with Crippen LogP contribution in [0.3, 0.4) is 0 Å². The van der Waals surface area contributed by atoms with Gasteiger partial charge < -0.3 is 5.11 Å². The topological polar surface area (TPSA) is 54.4 Å². The zero-order valence-electron chi connectivity index (χ0n) is 9.74. The van der Waals surface area contributed by atoms with Gasteiger partial charge in [0.1, 0.15) is 5.75 Å². The maximum absolute atomic E-state index is 11.7. The summed E-state index contributed by atoms with van der Waals surface area (Å²) in [7, 11) is -3.33. The standard InChI is InChI=1S/C12H16O3S/c1-8(2)7-10-11(13)6-5-9(3)12(10)16(4,14)15/h5-6,13H,1,7H2,2-4H3. The van der Waals surface area contributed by atoms with Crippen LogP contribution in [0.4, 0.5) is 0 Å². The molecule has 1 rings (SSSR count). The van der Waals surface area contributed by atoms with Gasteiger partial charge in [-0.3, -0.25) is 0 Å². The Morgan fingerprint density at radius 1 is 1.44 bits per heavy atom. The zero-order valence-corrected chi connectivity index (χ0v) is 10.6. The molecule has 0 unspecified atom stereocenters. The maximum Gasteiger partial charge on any atom is 0.176 e. The highest BCUT2D eigenvalue weighted by Crippen LogP contribution is 2.30. The highest BCUT2D eigenvalue weighted by atomic mass is 32.2. The van der Waals surface area contributed by atoms with Crippen molar-refractivity contribution in [3.05, 3.63) is 35.4 Å². The number of hydrogen-bond donors (Lipinski definition) is 1. The molecule has 0 atom stereocenters. The molecule has 0 aliphatic heterocycles. The van der Waals surface area contributed by atoms with E-state index < -0.39 is 9.84 Å². The van der Waals surface area contributed by atoms with Crippen molar-refractivity contribution in [2.24, 2.45) is 0 Å². The van der Waals surface area contributed by atoms with E-state index in [2.05, 4.69) is 6.58 Å². The minimum absolute atomic E-state index is 0.00836. The lowest BCUT2D eigenvalue weighted by Crippen LogP contribution is -2.06. The number of phenols is 1. The number of aromatic hydroxyl groups is 1. The van der Waals surface area contributed by atoms with E-state index in [-0.39, 0.29) is 10.6 Å². The molecule has 0 fully saturated rings. The van der Waals surface area contributed by atoms with Crippen molar-refractivity contribution >= 4 is 9.84 Å². The van der Waals surface area contributed by atoms with E-state index in [9.17, 15) is 13.5 Å². The SMILES string of the molecule is C=C(C)Cc1c(O)ccc(C)c1S(C)(=O)=O. The zero-order chi connectivity index (χ0) is 12.5. The third-order valence-corrected chi connectivity index (χ3v) is 3.59. The summed E-state index contributed by atoms with van der Waals surface area (Å²) >= 11 is 0. The Balaban J connectivity index is 3.56. The van der Waals surface area contributed by atoms with Gasteiger partial charge in [0, 0.05) is 11.8 Å². The average Bonchev–Trinajstić information content (AvgIpc) is 2.08. The molecule has 0 saturated heterocycles. The second kappa shape index (κ2) is 4.29. The predicted molar refractivity (Wildman–Crippen MR) is 64.5 cm³/mol. The minimum Gasteiger partial charge on any atom is -0.508 e. The van der Waals surface area contributed by atoms with Gasteiger partial charge in [-0.1, -0.05) is 18.2 Å². The fourth-order valence-electron chi connectivity index (χ4n) is 1.72. The molecule has 0 aromatic heterocycles. The van der Waals surface area contributed by atoms with E-state index in [0.717, 1.165) is 11.8 Å². The number of allylic oxidation sites excluding steroid dienone is 1. The summed E-state index contributed by atoms with van der Waals surface area (Å²) in [5.41, 5.74) is 1.90. The molecule has 0 aliphatic rings. The fourth-order valence-corrected chi connectivity index (χ4v) is 3.00. The van der Waals surface area contributed by atoms with Crippen LogP contribution in [0.15, 0.2) is 29.2 Å². The van der Waals surface area contributed by atoms with Crippen molar-refractivity contribution in [3.63, 3.8) is 0 Å². The molecule has 0 radical (unpaired) electrons. The summed E-state index contributed by atoms with van der Waals surface area (Å²) in [5, 5.41) is 9.72. The van der Waals surface area contributed by atoms with Gasteiger partial charge in [-0.05, 0) is 31.9 Å². The number of phenolic OH excluding ortho intramolecular Hbond substituents is 1. The van der Waals surface area contributed by atoms with E-state index >= 15 is 0 Å². The lowest BCUT2D eigenvalue weighted by Gasteiger charge is -2.12. The monoisotopic (exact) mass is 240 g/mol. The number of benzene rings is 1. The smallest absolute Gasteiger partial charge is 0.176 e. The Labute approximate surface area is 96.4 Å². The third kappa shape index (κ3) is 2.64. The highest BCUT2D eigenvalue weighted by molar-refractivity contribution is 7.90. The van der Waals surface area contributed by atoms with Crippen molar-refractivity contribution in [2.75, 3.05) is 6.26 Å². The first kappa shape index (κ1) is 12.8. The first-order valence-corrected chi connectivity index (χ1v) is 6.78. The van der Waals surface area contributed by atoms with E-state index in [4.69, 9.17) is 0 Å². The Hall–Kier alpha value is -1.29. The van der Waals surface area contributed by atoms with Crippen LogP contribution in [0.2, 0.25) is 0 Å². The minimum atomic E-state index is -3.33. The Bertz CT molecular complexity index is 527. The van der Waals surface area contributed by atoms with Crippen molar-refractivity contribution < 1.29 is 13.5 Å². The molecule has 1 aromatic rings. The molecular formula is C12H16O3S. The van der Waals surface area contributed by atoms with Gasteiger partial charge in [0.05, 0.1) is 4.90 Å². The fraction of sp³-hybridized carbons (Fsp3) is 0.333. The van der Waals surface area contributed by atoms with E-state index in [0.29, 0.717) is 17.5 Å². The van der Waals surface area contributed by atoms with E-state index in [1.54, 1.807) is 19.9 Å². The first-order chi connectivity index (χ1) is 7.23. The van der Waals surface area contributed by atoms with Gasteiger partial charge in [0.2, 0.25) is 0 Å². The molecule has 0 amide bonds. The molecular weight excluding hydrogens is 224 g/mol. The Kier molecular flexibility index (Phi) is 3.43. The molecule has 0 bridgehead atoms. The third-order valence-electron chi connectivity index (χ3n) is 2.28. The van der Waals surface area contributed by atoms with Crippen molar-refractivity contribution in [2.45, 2.75) is 25.2 Å². The maximum atomic E-state index is 11.7. The summed E-state index contributed by atoms with van der Waals surface area (Å²) < 4.78 is 23.3. The molecule has 0 heterocycles. The van der Waals surface area contributed by atoms with Crippen LogP contribution >= 0.6 is 0 Å². The predicted octanol–water partition coefficient (Wildman–Crippen LogP) is 2.22. The van der Waals surface area contributed by atoms with Gasteiger partial charge in [-0.25, -0.2) is 8.42 Å². The quantitative estimate of drug-likeness (QED) is 0.824. The highest BCUT2D eigenvalue weighted by Gasteiger charge is 2.19. The van der Waals surface area contributed by atoms with Gasteiger partial charge >= 0.3 is 0 Å². The number of aryl methyl sites for hydroxylation is 1. The van der Waals surface area contributed by atoms with Crippen LogP contribution in [0, 0.1) is 6.92 Å². The van der Waals surface area contributed by atoms with Crippen LogP contribution in [0.25, 0.3) is 0 Å². The average molecular weight is 240 g/mol. The second-order valence-corrected chi connectivity index (χ2v) is 6.07. The van der Waals surface area contributed by atoms with Gasteiger partial charge in [-0.2, -0.15) is 0 Å². The molecule has 4 heteroatoms. The molecule has 0 aliphatic carbocycles. The number of hydrogen-bond acceptors (Lipinski definition) is 3. The summed E-state index contributed by atoms with van der Waals surface area (Å²) in [4.78, 5) is 0.218. The van der Waals surface area contributed by atoms with E-state index in [1.165, 1.54) is 6.07 Å². The molecule has 0 spiro atoms. The summed E-state index contributed by atoms with van der Waals surface area (Å²) in [6.45, 7) is 7.26. The normalized spacial score (nSPS) is 11.4. The van der Waals surface area contributed by atoms with Crippen molar-refractivity contribution in [1.82, 2.24) is 0 Å². The van der Waals surface area contributed by atoms with Gasteiger partial charge in [0.25, 0.3) is 0 Å². The summed E-state index contributed by atoms with van der Waals surface area (Å²) in [6, 6.07) is 3.12. The Morgan fingerprint density at radius 3 is 2.44 bits per heavy atom. The molecule has 3 nitrogen and oxygen atoms in total. The lowest BCUT2D eigenvalue weighted by molar-refractivity contribution is 0.466. The summed E-state index contributed by atoms with van der Waals surface area (Å²) in [6.07, 6.45) is 1.52. The number of rotatable bonds is 3. The summed E-state index contributed by atoms with van der Waals surface area (Å²) in [5.74, 6) is 0.00836. The molecule has 16 heavy (non-hydrogen) atoms. The molecule has 88 valence electrons. The Morgan fingerprint density at radius 2 is 2.00 bits per heavy atom. The van der Waals surface area contributed by atoms with Crippen molar-refractivity contribution in [1.29, 1.82) is 0 Å². The van der Waals surface area contributed by atoms with Crippen LogP contribution < -0.4 is 0 Å². The van der Waals surface area contributed by atoms with Crippen LogP contribution in [0.1, 0.15) is 18.1 Å². The van der Waals surface area contributed by atoms with Crippen LogP contribution in [0.5, 0.6) is 5.75 Å². The number of sulfone groups is 1. The van der Waals surface area contributed by atoms with Gasteiger partial charge in [-0.15, -0.1) is 0 Å².